The van der Waals surface area contributed by atoms with Crippen LogP contribution in [0.2, 0.25) is 0 Å². The number of carbonyl (C=O) groups excluding carboxylic acids is 1. The van der Waals surface area contributed by atoms with Crippen molar-refractivity contribution < 1.29 is 18.8 Å². The number of ether oxygens (including phenoxy) is 1. The third kappa shape index (κ3) is 2.12. The molecule has 0 unspecified atom stereocenters. The van der Waals surface area contributed by atoms with Crippen LogP contribution in [0.1, 0.15) is 56.5 Å². The molecule has 128 valence electrons. The van der Waals surface area contributed by atoms with E-state index in [9.17, 15) is 4.79 Å². The van der Waals surface area contributed by atoms with Gasteiger partial charge in [-0.25, -0.2) is 0 Å². The molecule has 0 atom stereocenters. The number of rotatable bonds is 2. The van der Waals surface area contributed by atoms with E-state index in [0.29, 0.717) is 0 Å². The summed E-state index contributed by atoms with van der Waals surface area (Å²) in [4.78, 5) is 12.4. The Labute approximate surface area is 143 Å². The third-order valence-corrected chi connectivity index (χ3v) is 6.13. The second kappa shape index (κ2) is 4.76. The maximum atomic E-state index is 12.4. The summed E-state index contributed by atoms with van der Waals surface area (Å²) < 4.78 is 17.9. The van der Waals surface area contributed by atoms with Gasteiger partial charge in [-0.05, 0) is 58.2 Å². The van der Waals surface area contributed by atoms with Crippen LogP contribution in [0.4, 0.5) is 0 Å². The molecule has 1 aliphatic carbocycles. The molecule has 1 saturated heterocycles. The lowest BCUT2D eigenvalue weighted by atomic mass is 9.74. The average Bonchev–Trinajstić information content (AvgIpc) is 3.25. The minimum absolute atomic E-state index is 0.0251. The predicted molar refractivity (Wildman–Crippen MR) is 92.0 cm³/mol. The normalized spacial score (nSPS) is 25.4. The van der Waals surface area contributed by atoms with E-state index in [4.69, 9.17) is 14.0 Å². The third-order valence-electron chi connectivity index (χ3n) is 6.13. The summed E-state index contributed by atoms with van der Waals surface area (Å²) in [5, 5.41) is 3.02. The highest BCUT2D eigenvalue weighted by molar-refractivity contribution is 6.63. The van der Waals surface area contributed by atoms with Crippen LogP contribution < -0.4 is 15.5 Å². The van der Waals surface area contributed by atoms with Crippen LogP contribution in [-0.4, -0.2) is 37.9 Å². The van der Waals surface area contributed by atoms with Crippen molar-refractivity contribution in [2.24, 2.45) is 0 Å². The van der Waals surface area contributed by atoms with Gasteiger partial charge in [0, 0.05) is 23.0 Å². The largest absolute Gasteiger partial charge is 0.498 e. The number of hydrogen-bond donors (Lipinski definition) is 1. The van der Waals surface area contributed by atoms with Crippen molar-refractivity contribution in [1.29, 1.82) is 0 Å². The maximum Gasteiger partial charge on any atom is 0.498 e. The SMILES string of the molecule is COc1cc2c(cc1B1OC(C)(C)C(C)(C)O1)C(=O)NCC21CC1. The van der Waals surface area contributed by atoms with Gasteiger partial charge < -0.3 is 19.4 Å². The van der Waals surface area contributed by atoms with Crippen molar-refractivity contribution in [2.75, 3.05) is 13.7 Å². The van der Waals surface area contributed by atoms with Gasteiger partial charge in [0.2, 0.25) is 0 Å². The van der Waals surface area contributed by atoms with Gasteiger partial charge in [0.1, 0.15) is 5.75 Å². The molecule has 1 N–H and O–H groups in total. The Morgan fingerprint density at radius 2 is 1.75 bits per heavy atom. The van der Waals surface area contributed by atoms with Gasteiger partial charge in [0.05, 0.1) is 18.3 Å². The summed E-state index contributed by atoms with van der Waals surface area (Å²) in [5.74, 6) is 0.705. The lowest BCUT2D eigenvalue weighted by Gasteiger charge is -2.32. The molecule has 0 aromatic heterocycles. The fourth-order valence-electron chi connectivity index (χ4n) is 3.59. The van der Waals surface area contributed by atoms with E-state index in [2.05, 4.69) is 5.32 Å². The first-order valence-corrected chi connectivity index (χ1v) is 8.55. The molecule has 1 saturated carbocycles. The van der Waals surface area contributed by atoms with Crippen LogP contribution in [-0.2, 0) is 14.7 Å². The van der Waals surface area contributed by atoms with Crippen LogP contribution in [0.25, 0.3) is 0 Å². The second-order valence-corrected chi connectivity index (χ2v) is 8.19. The fourth-order valence-corrected chi connectivity index (χ4v) is 3.59. The van der Waals surface area contributed by atoms with Gasteiger partial charge in [-0.1, -0.05) is 0 Å². The highest BCUT2D eigenvalue weighted by Crippen LogP contribution is 2.51. The zero-order valence-electron chi connectivity index (χ0n) is 15.0. The molecule has 0 radical (unpaired) electrons. The van der Waals surface area contributed by atoms with Crippen LogP contribution in [0, 0.1) is 0 Å². The molecule has 2 fully saturated rings. The smallest absolute Gasteiger partial charge is 0.497 e. The molecule has 2 heterocycles. The molecular weight excluding hydrogens is 305 g/mol. The van der Waals surface area contributed by atoms with Gasteiger partial charge in [-0.15, -0.1) is 0 Å². The molecule has 1 amide bonds. The minimum atomic E-state index is -0.542. The van der Waals surface area contributed by atoms with Gasteiger partial charge in [0.15, 0.2) is 0 Å². The van der Waals surface area contributed by atoms with Crippen LogP contribution in [0.3, 0.4) is 0 Å². The highest BCUT2D eigenvalue weighted by Gasteiger charge is 2.54. The lowest BCUT2D eigenvalue weighted by molar-refractivity contribution is 0.00578. The first-order valence-electron chi connectivity index (χ1n) is 8.55. The number of hydrogen-bond acceptors (Lipinski definition) is 4. The van der Waals surface area contributed by atoms with E-state index in [1.54, 1.807) is 7.11 Å². The average molecular weight is 329 g/mol. The van der Waals surface area contributed by atoms with Crippen molar-refractivity contribution in [1.82, 2.24) is 5.32 Å². The predicted octanol–water partition coefficient (Wildman–Crippen LogP) is 1.77. The summed E-state index contributed by atoms with van der Waals surface area (Å²) in [6, 6.07) is 3.91. The van der Waals surface area contributed by atoms with Gasteiger partial charge in [-0.2, -0.15) is 0 Å². The summed E-state index contributed by atoms with van der Waals surface area (Å²) in [5.41, 5.74) is 1.85. The first kappa shape index (κ1) is 16.0. The van der Waals surface area contributed by atoms with Crippen LogP contribution in [0.5, 0.6) is 5.75 Å². The summed E-state index contributed by atoms with van der Waals surface area (Å²) in [7, 11) is 1.11. The second-order valence-electron chi connectivity index (χ2n) is 8.19. The van der Waals surface area contributed by atoms with Gasteiger partial charge in [0.25, 0.3) is 5.91 Å². The molecule has 24 heavy (non-hydrogen) atoms. The minimum Gasteiger partial charge on any atom is -0.497 e. The van der Waals surface area contributed by atoms with Crippen LogP contribution in [0.15, 0.2) is 12.1 Å². The van der Waals surface area contributed by atoms with Crippen molar-refractivity contribution in [2.45, 2.75) is 57.2 Å². The highest BCUT2D eigenvalue weighted by atomic mass is 16.7. The Morgan fingerprint density at radius 3 is 2.29 bits per heavy atom. The van der Waals surface area contributed by atoms with Crippen molar-refractivity contribution >= 4 is 18.5 Å². The fraction of sp³-hybridized carbons (Fsp3) is 0.611. The van der Waals surface area contributed by atoms with E-state index in [1.165, 1.54) is 0 Å². The number of fused-ring (bicyclic) bond motifs is 2. The molecule has 1 spiro atoms. The van der Waals surface area contributed by atoms with Crippen LogP contribution >= 0.6 is 0 Å². The molecule has 4 rings (SSSR count). The first-order chi connectivity index (χ1) is 11.2. The zero-order chi connectivity index (χ0) is 17.3. The van der Waals surface area contributed by atoms with Crippen molar-refractivity contribution in [3.63, 3.8) is 0 Å². The molecule has 6 heteroatoms. The zero-order valence-corrected chi connectivity index (χ0v) is 15.0. The number of benzene rings is 1. The van der Waals surface area contributed by atoms with E-state index in [-0.39, 0.29) is 11.3 Å². The summed E-state index contributed by atoms with van der Waals surface area (Å²) >= 11 is 0. The molecule has 1 aromatic carbocycles. The molecule has 3 aliphatic rings. The van der Waals surface area contributed by atoms with E-state index < -0.39 is 18.3 Å². The molecule has 0 bridgehead atoms. The number of carbonyl (C=O) groups is 1. The monoisotopic (exact) mass is 329 g/mol. The molecule has 5 nitrogen and oxygen atoms in total. The topological polar surface area (TPSA) is 56.8 Å². The Morgan fingerprint density at radius 1 is 1.12 bits per heavy atom. The molecule has 1 aromatic rings. The number of amides is 1. The van der Waals surface area contributed by atoms with E-state index in [1.807, 2.05) is 39.8 Å². The van der Waals surface area contributed by atoms with E-state index >= 15 is 0 Å². The van der Waals surface area contributed by atoms with Gasteiger partial charge in [-0.3, -0.25) is 4.79 Å². The number of nitrogens with one attached hydrogen (secondary N) is 1. The summed E-state index contributed by atoms with van der Waals surface area (Å²) in [6.07, 6.45) is 2.22. The molecular formula is C18H24BNO4. The standard InChI is InChI=1S/C18H24BNO4/c1-16(2)17(3,4)24-19(23-16)13-8-11-12(9-14(13)22-5)18(6-7-18)10-20-15(11)21/h8-9H,6-7,10H2,1-5H3,(H,20,21). The summed E-state index contributed by atoms with van der Waals surface area (Å²) in [6.45, 7) is 8.79. The molecule has 2 aliphatic heterocycles. The maximum absolute atomic E-state index is 12.4. The Hall–Kier alpha value is -1.53. The Kier molecular flexibility index (Phi) is 3.17. The van der Waals surface area contributed by atoms with Gasteiger partial charge >= 0.3 is 7.12 Å². The Balaban J connectivity index is 1.80. The Bertz CT molecular complexity index is 708. The van der Waals surface area contributed by atoms with Crippen molar-refractivity contribution in [3.8, 4) is 5.75 Å². The van der Waals surface area contributed by atoms with Crippen molar-refractivity contribution in [3.05, 3.63) is 23.3 Å². The lowest BCUT2D eigenvalue weighted by Crippen LogP contribution is -2.42. The number of methoxy groups -OCH3 is 1. The quantitative estimate of drug-likeness (QED) is 0.840. The van der Waals surface area contributed by atoms with E-state index in [0.717, 1.165) is 41.7 Å².